The number of carbonyl (C=O) groups is 1. The average molecular weight is 497 g/mol. The molecule has 7 heteroatoms. The second-order valence-corrected chi connectivity index (χ2v) is 9.57. The molecule has 1 saturated carbocycles. The summed E-state index contributed by atoms with van der Waals surface area (Å²) in [5.74, 6) is -3.38. The van der Waals surface area contributed by atoms with E-state index in [9.17, 15) is 23.1 Å². The number of hydrogen-bond acceptors (Lipinski definition) is 4. The lowest BCUT2D eigenvalue weighted by Crippen LogP contribution is -2.24. The van der Waals surface area contributed by atoms with Gasteiger partial charge in [-0.2, -0.15) is 0 Å². The first-order chi connectivity index (χ1) is 17.3. The smallest absolute Gasteiger partial charge is 0.341 e. The normalized spacial score (nSPS) is 22.2. The Hall–Kier alpha value is -3.16. The van der Waals surface area contributed by atoms with E-state index < -0.39 is 35.4 Å². The van der Waals surface area contributed by atoms with Crippen molar-refractivity contribution in [3.05, 3.63) is 94.3 Å². The number of rotatable bonds is 6. The zero-order valence-corrected chi connectivity index (χ0v) is 19.8. The molecule has 2 fully saturated rings. The Morgan fingerprint density at radius 1 is 0.972 bits per heavy atom. The summed E-state index contributed by atoms with van der Waals surface area (Å²) in [6.07, 6.45) is 1.31. The highest BCUT2D eigenvalue weighted by atomic mass is 19.2. The van der Waals surface area contributed by atoms with Crippen LogP contribution in [-0.4, -0.2) is 23.8 Å². The third-order valence-corrected chi connectivity index (χ3v) is 7.13. The van der Waals surface area contributed by atoms with Crippen molar-refractivity contribution in [2.75, 3.05) is 6.61 Å². The number of epoxide rings is 1. The molecule has 0 aromatic heterocycles. The molecule has 2 atom stereocenters. The molecule has 1 heterocycles. The number of aliphatic hydroxyl groups is 1. The van der Waals surface area contributed by atoms with Gasteiger partial charge in [0, 0.05) is 11.1 Å². The van der Waals surface area contributed by atoms with Gasteiger partial charge in [-0.15, -0.1) is 0 Å². The summed E-state index contributed by atoms with van der Waals surface area (Å²) in [4.78, 5) is 12.6. The number of ether oxygens (including phenoxy) is 2. The maximum Gasteiger partial charge on any atom is 0.341 e. The van der Waals surface area contributed by atoms with E-state index in [4.69, 9.17) is 9.47 Å². The second-order valence-electron chi connectivity index (χ2n) is 9.57. The maximum absolute atomic E-state index is 14.8. The van der Waals surface area contributed by atoms with Gasteiger partial charge in [0.15, 0.2) is 11.6 Å². The number of aliphatic hydroxyl groups excluding tert-OH is 1. The summed E-state index contributed by atoms with van der Waals surface area (Å²) in [7, 11) is 0. The van der Waals surface area contributed by atoms with E-state index >= 15 is 0 Å². The van der Waals surface area contributed by atoms with Crippen LogP contribution in [0.2, 0.25) is 0 Å². The van der Waals surface area contributed by atoms with Gasteiger partial charge in [0.1, 0.15) is 18.0 Å². The average Bonchev–Trinajstić information content (AvgIpc) is 3.71. The Labute approximate surface area is 207 Å². The molecule has 0 radical (unpaired) electrons. The fourth-order valence-corrected chi connectivity index (χ4v) is 4.89. The number of halogens is 3. The molecular formula is C29H27F3O4. The summed E-state index contributed by atoms with van der Waals surface area (Å²) in [5, 5.41) is 9.62. The Morgan fingerprint density at radius 3 is 2.28 bits per heavy atom. The van der Waals surface area contributed by atoms with E-state index in [1.54, 1.807) is 43.3 Å². The lowest BCUT2D eigenvalue weighted by Gasteiger charge is -2.28. The molecule has 1 saturated heterocycles. The summed E-state index contributed by atoms with van der Waals surface area (Å²) in [6, 6.07) is 14.3. The molecule has 4 nitrogen and oxygen atoms in total. The highest BCUT2D eigenvalue weighted by Crippen LogP contribution is 2.38. The van der Waals surface area contributed by atoms with Crippen molar-refractivity contribution in [2.24, 2.45) is 0 Å². The summed E-state index contributed by atoms with van der Waals surface area (Å²) >= 11 is 0. The van der Waals surface area contributed by atoms with Crippen molar-refractivity contribution in [3.8, 4) is 11.1 Å². The van der Waals surface area contributed by atoms with Gasteiger partial charge in [-0.05, 0) is 67.3 Å². The van der Waals surface area contributed by atoms with Crippen LogP contribution in [0.3, 0.4) is 0 Å². The molecule has 1 aliphatic heterocycles. The number of benzene rings is 3. The van der Waals surface area contributed by atoms with E-state index in [2.05, 4.69) is 0 Å². The lowest BCUT2D eigenvalue weighted by atomic mass is 9.82. The van der Waals surface area contributed by atoms with Crippen LogP contribution in [0.25, 0.3) is 11.1 Å². The van der Waals surface area contributed by atoms with Gasteiger partial charge in [0.05, 0.1) is 18.3 Å². The summed E-state index contributed by atoms with van der Waals surface area (Å²) < 4.78 is 54.7. The van der Waals surface area contributed by atoms with E-state index in [0.29, 0.717) is 49.0 Å². The molecule has 5 rings (SSSR count). The monoisotopic (exact) mass is 496 g/mol. The van der Waals surface area contributed by atoms with Crippen LogP contribution in [0, 0.1) is 17.5 Å². The number of carbonyl (C=O) groups excluding carboxylic acids is 1. The maximum atomic E-state index is 14.8. The Balaban J connectivity index is 1.21. The zero-order chi connectivity index (χ0) is 25.4. The molecule has 1 aliphatic carbocycles. The van der Waals surface area contributed by atoms with Crippen molar-refractivity contribution < 1.29 is 32.5 Å². The lowest BCUT2D eigenvalue weighted by molar-refractivity contribution is 0.0189. The van der Waals surface area contributed by atoms with E-state index in [1.807, 2.05) is 6.07 Å². The molecule has 188 valence electrons. The van der Waals surface area contributed by atoms with Crippen molar-refractivity contribution in [1.82, 2.24) is 0 Å². The fraction of sp³-hybridized carbons (Fsp3) is 0.345. The van der Waals surface area contributed by atoms with E-state index in [1.165, 1.54) is 12.1 Å². The number of esters is 1. The minimum Gasteiger partial charge on any atom is -0.459 e. The van der Waals surface area contributed by atoms with Gasteiger partial charge in [-0.1, -0.05) is 42.5 Å². The van der Waals surface area contributed by atoms with Crippen molar-refractivity contribution >= 4 is 5.97 Å². The highest BCUT2D eigenvalue weighted by molar-refractivity contribution is 5.90. The van der Waals surface area contributed by atoms with Crippen LogP contribution >= 0.6 is 0 Å². The Morgan fingerprint density at radius 2 is 1.67 bits per heavy atom. The first-order valence-corrected chi connectivity index (χ1v) is 12.2. The van der Waals surface area contributed by atoms with E-state index in [0.717, 1.165) is 5.56 Å². The predicted octanol–water partition coefficient (Wildman–Crippen LogP) is 6.78. The van der Waals surface area contributed by atoms with Gasteiger partial charge in [0.25, 0.3) is 0 Å². The molecular weight excluding hydrogens is 469 g/mol. The third kappa shape index (κ3) is 5.04. The van der Waals surface area contributed by atoms with Gasteiger partial charge >= 0.3 is 5.97 Å². The Bertz CT molecular complexity index is 1260. The molecule has 36 heavy (non-hydrogen) atoms. The first-order valence-electron chi connectivity index (χ1n) is 12.2. The zero-order valence-electron chi connectivity index (χ0n) is 19.8. The van der Waals surface area contributed by atoms with Crippen molar-refractivity contribution in [3.63, 3.8) is 0 Å². The van der Waals surface area contributed by atoms with Crippen LogP contribution < -0.4 is 0 Å². The van der Waals surface area contributed by atoms with Crippen LogP contribution in [0.5, 0.6) is 0 Å². The first kappa shape index (κ1) is 24.5. The molecule has 2 aliphatic rings. The quantitative estimate of drug-likeness (QED) is 0.302. The van der Waals surface area contributed by atoms with Crippen molar-refractivity contribution in [1.29, 1.82) is 0 Å². The summed E-state index contributed by atoms with van der Waals surface area (Å²) in [6.45, 7) is 2.17. The molecule has 2 unspecified atom stereocenters. The van der Waals surface area contributed by atoms with Crippen LogP contribution in [-0.2, 0) is 9.47 Å². The topological polar surface area (TPSA) is 59.1 Å². The minimum absolute atomic E-state index is 0.0215. The fourth-order valence-electron chi connectivity index (χ4n) is 4.89. The minimum atomic E-state index is -1.25. The van der Waals surface area contributed by atoms with Crippen molar-refractivity contribution in [2.45, 2.75) is 56.8 Å². The standard InChI is InChI=1S/C29H27F3O4/c1-16(33)17-2-4-19(5-3-17)22-12-13-24(28(32)27(22)31)29(34)36-21-9-6-18(7-10-21)20-8-11-23(25(30)14-20)26-15-35-26/h2-5,8,11-14,16,18,21,26,33H,6-7,9-10,15H2,1H3. The third-order valence-electron chi connectivity index (χ3n) is 7.13. The molecule has 1 N–H and O–H groups in total. The van der Waals surface area contributed by atoms with Crippen LogP contribution in [0.4, 0.5) is 13.2 Å². The SMILES string of the molecule is CC(O)c1ccc(-c2ccc(C(=O)OC3CCC(c4ccc(C5CO5)c(F)c4)CC3)c(F)c2F)cc1. The Kier molecular flexibility index (Phi) is 6.86. The number of hydrogen-bond donors (Lipinski definition) is 1. The summed E-state index contributed by atoms with van der Waals surface area (Å²) in [5.41, 5.74) is 2.16. The van der Waals surface area contributed by atoms with Crippen LogP contribution in [0.1, 0.15) is 77.8 Å². The molecule has 3 aromatic carbocycles. The molecule has 0 amide bonds. The molecule has 3 aromatic rings. The largest absolute Gasteiger partial charge is 0.459 e. The predicted molar refractivity (Wildman–Crippen MR) is 128 cm³/mol. The van der Waals surface area contributed by atoms with Gasteiger partial charge in [-0.3, -0.25) is 0 Å². The molecule has 0 spiro atoms. The highest BCUT2D eigenvalue weighted by Gasteiger charge is 2.30. The van der Waals surface area contributed by atoms with Gasteiger partial charge in [0.2, 0.25) is 0 Å². The van der Waals surface area contributed by atoms with Crippen LogP contribution in [0.15, 0.2) is 54.6 Å². The van der Waals surface area contributed by atoms with Gasteiger partial charge in [-0.25, -0.2) is 18.0 Å². The van der Waals surface area contributed by atoms with Gasteiger partial charge < -0.3 is 14.6 Å². The second kappa shape index (κ2) is 10.1. The molecule has 0 bridgehead atoms. The van der Waals surface area contributed by atoms with E-state index in [-0.39, 0.29) is 23.4 Å².